The number of rotatable bonds is 15. The van der Waals surface area contributed by atoms with Crippen molar-refractivity contribution in [1.82, 2.24) is 0 Å². The van der Waals surface area contributed by atoms with Gasteiger partial charge in [0, 0.05) is 0 Å². The molecule has 0 saturated heterocycles. The molecule has 0 spiro atoms. The third-order valence-electron chi connectivity index (χ3n) is 3.40. The first-order valence-electron chi connectivity index (χ1n) is 13.3. The van der Waals surface area contributed by atoms with Crippen molar-refractivity contribution in [3.05, 3.63) is 0 Å². The number of phosphoric acid groups is 3. The molecule has 0 aromatic heterocycles. The average Bonchev–Trinajstić information content (AvgIpc) is 2.63. The van der Waals surface area contributed by atoms with Crippen LogP contribution < -0.4 is 14.7 Å². The predicted octanol–water partition coefficient (Wildman–Crippen LogP) is 6.26. The van der Waals surface area contributed by atoms with E-state index in [4.69, 9.17) is 13.6 Å². The van der Waals surface area contributed by atoms with E-state index in [-0.39, 0.29) is 37.2 Å². The molecule has 40 heavy (non-hydrogen) atoms. The summed E-state index contributed by atoms with van der Waals surface area (Å²) in [6.45, 7) is 21.5. The zero-order chi connectivity index (χ0) is 31.6. The van der Waals surface area contributed by atoms with E-state index in [2.05, 4.69) is 13.6 Å². The van der Waals surface area contributed by atoms with Crippen LogP contribution in [0.3, 0.4) is 0 Å². The first-order chi connectivity index (χ1) is 17.3. The maximum absolute atomic E-state index is 11.1. The second-order valence-electron chi connectivity index (χ2n) is 11.5. The monoisotopic (exact) mass is 679 g/mol. The maximum atomic E-state index is 11.1. The zero-order valence-electron chi connectivity index (χ0n) is 26.5. The molecule has 0 aliphatic heterocycles. The fourth-order valence-electron chi connectivity index (χ4n) is 2.05. The van der Waals surface area contributed by atoms with Gasteiger partial charge in [0.05, 0.1) is 36.6 Å². The molecule has 3 atom stereocenters. The molecule has 3 unspecified atom stereocenters. The van der Waals surface area contributed by atoms with Gasteiger partial charge in [-0.25, -0.2) is 0 Å². The van der Waals surface area contributed by atoms with Crippen molar-refractivity contribution in [3.63, 3.8) is 0 Å². The van der Waals surface area contributed by atoms with Gasteiger partial charge in [-0.3, -0.25) is 13.7 Å². The molecule has 0 heterocycles. The van der Waals surface area contributed by atoms with E-state index in [0.717, 1.165) is 38.5 Å². The molecule has 0 aliphatic rings. The Morgan fingerprint density at radius 2 is 0.650 bits per heavy atom. The van der Waals surface area contributed by atoms with Crippen molar-refractivity contribution in [2.45, 2.75) is 138 Å². The number of unbranched alkanes of at least 4 members (excludes halogenated alkanes) is 3. The maximum Gasteiger partial charge on any atom is 3.00 e. The van der Waals surface area contributed by atoms with Crippen LogP contribution in [0.4, 0.5) is 0 Å². The Labute approximate surface area is 254 Å². The Hall–Kier alpha value is 0.862. The van der Waals surface area contributed by atoms with Crippen LogP contribution >= 0.6 is 23.5 Å². The van der Waals surface area contributed by atoms with Gasteiger partial charge in [-0.2, -0.15) is 0 Å². The quantitative estimate of drug-likeness (QED) is 0.141. The van der Waals surface area contributed by atoms with Crippen LogP contribution in [0.5, 0.6) is 0 Å². The molecule has 0 aromatic carbocycles. The fraction of sp³-hybridized carbons (Fsp3) is 1.00. The third kappa shape index (κ3) is 41.0. The minimum atomic E-state index is -4.09. The van der Waals surface area contributed by atoms with Crippen LogP contribution in [-0.2, 0) is 58.2 Å². The van der Waals surface area contributed by atoms with Crippen LogP contribution in [0.1, 0.15) is 122 Å². The second-order valence-corrected chi connectivity index (χ2v) is 15.5. The molecule has 0 N–H and O–H groups in total. The van der Waals surface area contributed by atoms with Gasteiger partial charge in [0.15, 0.2) is 0 Å². The van der Waals surface area contributed by atoms with E-state index in [9.17, 15) is 28.4 Å². The van der Waals surface area contributed by atoms with Crippen LogP contribution in [-0.4, -0.2) is 36.6 Å². The molecule has 0 aromatic rings. The van der Waals surface area contributed by atoms with Crippen molar-refractivity contribution in [3.8, 4) is 0 Å². The topological polar surface area (TPSA) is 176 Å². The molecular formula is C24H54CrO12P3. The Morgan fingerprint density at radius 1 is 0.475 bits per heavy atom. The largest absolute Gasteiger partial charge is 3.00 e. The first kappa shape index (κ1) is 47.8. The molecular weight excluding hydrogens is 625 g/mol. The van der Waals surface area contributed by atoms with E-state index in [1.54, 1.807) is 62.3 Å². The minimum absolute atomic E-state index is 0. The molecule has 0 bridgehead atoms. The normalized spacial score (nSPS) is 16.6. The smallest absolute Gasteiger partial charge is 0.756 e. The molecule has 12 nitrogen and oxygen atoms in total. The minimum Gasteiger partial charge on any atom is -0.756 e. The van der Waals surface area contributed by atoms with Crippen LogP contribution in [0.25, 0.3) is 0 Å². The van der Waals surface area contributed by atoms with Crippen molar-refractivity contribution in [1.29, 1.82) is 0 Å². The van der Waals surface area contributed by atoms with Gasteiger partial charge < -0.3 is 41.8 Å². The van der Waals surface area contributed by atoms with Crippen molar-refractivity contribution >= 4 is 23.5 Å². The van der Waals surface area contributed by atoms with Crippen molar-refractivity contribution in [2.24, 2.45) is 0 Å². The SMILES string of the molecule is CCCCOP(=O)([O-])OC(C)(C)C.CCCCOP(=O)([O-])OC(C)(C)C.CCCCOP(=O)([O-])OC(C)(C)C.[Cr+3]. The Balaban J connectivity index is -0.000000240. The average molecular weight is 680 g/mol. The summed E-state index contributed by atoms with van der Waals surface area (Å²) in [5, 5.41) is 0. The summed E-state index contributed by atoms with van der Waals surface area (Å²) in [4.78, 5) is 33.3. The molecule has 0 rings (SSSR count). The van der Waals surface area contributed by atoms with Crippen LogP contribution in [0.2, 0.25) is 0 Å². The molecule has 243 valence electrons. The summed E-state index contributed by atoms with van der Waals surface area (Å²) in [5.74, 6) is 0. The van der Waals surface area contributed by atoms with Gasteiger partial charge >= 0.3 is 17.4 Å². The Morgan fingerprint density at radius 3 is 0.775 bits per heavy atom. The summed E-state index contributed by atoms with van der Waals surface area (Å²) in [6.07, 6.45) is 4.86. The Kier molecular flexibility index (Phi) is 26.7. The summed E-state index contributed by atoms with van der Waals surface area (Å²) < 4.78 is 61.4. The summed E-state index contributed by atoms with van der Waals surface area (Å²) in [6, 6.07) is 0. The second kappa shape index (κ2) is 22.4. The van der Waals surface area contributed by atoms with Gasteiger partial charge in [-0.15, -0.1) is 0 Å². The van der Waals surface area contributed by atoms with Gasteiger partial charge in [0.1, 0.15) is 0 Å². The van der Waals surface area contributed by atoms with E-state index < -0.39 is 40.3 Å². The van der Waals surface area contributed by atoms with Gasteiger partial charge in [-0.1, -0.05) is 40.0 Å². The van der Waals surface area contributed by atoms with E-state index in [1.165, 1.54) is 0 Å². The molecule has 1 radical (unpaired) electrons. The molecule has 16 heteroatoms. The van der Waals surface area contributed by atoms with E-state index >= 15 is 0 Å². The zero-order valence-corrected chi connectivity index (χ0v) is 30.5. The third-order valence-corrected chi connectivity index (χ3v) is 7.21. The number of hydrogen-bond donors (Lipinski definition) is 0. The predicted molar refractivity (Wildman–Crippen MR) is 148 cm³/mol. The Bertz CT molecular complexity index is 662. The van der Waals surface area contributed by atoms with Crippen molar-refractivity contribution < 1.29 is 72.9 Å². The number of hydrogen-bond acceptors (Lipinski definition) is 12. The van der Waals surface area contributed by atoms with Gasteiger partial charge in [0.2, 0.25) is 0 Å². The van der Waals surface area contributed by atoms with E-state index in [0.29, 0.717) is 0 Å². The summed E-state index contributed by atoms with van der Waals surface area (Å²) in [5.41, 5.74) is -2.16. The molecule has 0 amide bonds. The standard InChI is InChI=1S/3C8H19O4P.Cr/c3*1-5-6-7-11-13(9,10)12-8(2,3)4;/h3*5-7H2,1-4H3,(H,9,10);/q;;;+3/p-3. The van der Waals surface area contributed by atoms with Gasteiger partial charge in [0.25, 0.3) is 23.5 Å². The summed E-state index contributed by atoms with van der Waals surface area (Å²) in [7, 11) is -12.3. The first-order valence-corrected chi connectivity index (χ1v) is 17.7. The van der Waals surface area contributed by atoms with Crippen LogP contribution in [0.15, 0.2) is 0 Å². The number of phosphoric ester groups is 3. The van der Waals surface area contributed by atoms with E-state index in [1.807, 2.05) is 20.8 Å². The van der Waals surface area contributed by atoms with Crippen molar-refractivity contribution in [2.75, 3.05) is 19.8 Å². The molecule has 0 saturated carbocycles. The summed E-state index contributed by atoms with van der Waals surface area (Å²) >= 11 is 0. The molecule has 0 aliphatic carbocycles. The van der Waals surface area contributed by atoms with Crippen LogP contribution in [0, 0.1) is 0 Å². The van der Waals surface area contributed by atoms with Gasteiger partial charge in [-0.05, 0) is 81.6 Å². The molecule has 0 fully saturated rings. The fourth-order valence-corrected chi connectivity index (χ4v) is 5.28.